The summed E-state index contributed by atoms with van der Waals surface area (Å²) in [6.07, 6.45) is 0. The fourth-order valence-corrected chi connectivity index (χ4v) is 6.82. The average molecular weight is 626 g/mol. The lowest BCUT2D eigenvalue weighted by atomic mass is 9.96. The molecular weight excluding hydrogens is 595 g/mol. The van der Waals surface area contributed by atoms with Gasteiger partial charge in [-0.2, -0.15) is 0 Å². The Morgan fingerprint density at radius 3 is 1.49 bits per heavy atom. The van der Waals surface area contributed by atoms with E-state index < -0.39 is 0 Å². The van der Waals surface area contributed by atoms with E-state index in [0.717, 1.165) is 55.6 Å². The minimum absolute atomic E-state index is 0.705. The Bertz CT molecular complexity index is 2570. The van der Waals surface area contributed by atoms with Crippen LogP contribution in [-0.2, 0) is 0 Å². The molecule has 3 nitrogen and oxygen atoms in total. The highest BCUT2D eigenvalue weighted by molar-refractivity contribution is 6.11. The van der Waals surface area contributed by atoms with Crippen molar-refractivity contribution >= 4 is 21.9 Å². The van der Waals surface area contributed by atoms with Gasteiger partial charge in [0.1, 0.15) is 5.52 Å². The largest absolute Gasteiger partial charge is 0.306 e. The second-order valence-corrected chi connectivity index (χ2v) is 12.3. The smallest absolute Gasteiger partial charge is 0.160 e. The van der Waals surface area contributed by atoms with Gasteiger partial charge in [-0.3, -0.25) is 0 Å². The number of hydrogen-bond acceptors (Lipinski definition) is 2. The Kier molecular flexibility index (Phi) is 7.14. The van der Waals surface area contributed by atoms with Crippen LogP contribution in [-0.4, -0.2) is 14.5 Å². The minimum Gasteiger partial charge on any atom is -0.306 e. The third-order valence-corrected chi connectivity index (χ3v) is 9.21. The first-order valence-electron chi connectivity index (χ1n) is 16.6. The van der Waals surface area contributed by atoms with Crippen molar-refractivity contribution in [2.24, 2.45) is 0 Å². The summed E-state index contributed by atoms with van der Waals surface area (Å²) < 4.78 is 2.30. The SMILES string of the molecule is c1ccc(-c2ccc(-c3cccc(-c4cccc(-c5nc(-c6ccccc6)c6c(n5)c5ccccc5n6-c5ccccc5)c4)c3)cc2)cc1. The van der Waals surface area contributed by atoms with Gasteiger partial charge in [-0.15, -0.1) is 0 Å². The lowest BCUT2D eigenvalue weighted by Gasteiger charge is -2.13. The molecule has 230 valence electrons. The summed E-state index contributed by atoms with van der Waals surface area (Å²) in [5, 5.41) is 1.10. The molecule has 0 N–H and O–H groups in total. The molecule has 0 spiro atoms. The van der Waals surface area contributed by atoms with Gasteiger partial charge < -0.3 is 4.57 Å². The lowest BCUT2D eigenvalue weighted by Crippen LogP contribution is -1.99. The van der Waals surface area contributed by atoms with E-state index in [4.69, 9.17) is 9.97 Å². The zero-order valence-electron chi connectivity index (χ0n) is 26.7. The molecule has 2 aromatic heterocycles. The molecule has 0 aliphatic carbocycles. The number of nitrogens with zero attached hydrogens (tertiary/aromatic N) is 3. The van der Waals surface area contributed by atoms with Crippen LogP contribution in [0.15, 0.2) is 188 Å². The first-order chi connectivity index (χ1) is 24.3. The van der Waals surface area contributed by atoms with Crippen molar-refractivity contribution in [1.29, 1.82) is 0 Å². The van der Waals surface area contributed by atoms with Gasteiger partial charge in [-0.1, -0.05) is 158 Å². The third-order valence-electron chi connectivity index (χ3n) is 9.21. The molecule has 3 heteroatoms. The van der Waals surface area contributed by atoms with Crippen LogP contribution in [0.25, 0.3) is 83.6 Å². The van der Waals surface area contributed by atoms with Gasteiger partial charge in [0, 0.05) is 22.2 Å². The van der Waals surface area contributed by atoms with Crippen molar-refractivity contribution in [2.45, 2.75) is 0 Å². The van der Waals surface area contributed by atoms with Gasteiger partial charge in [-0.05, 0) is 63.7 Å². The van der Waals surface area contributed by atoms with E-state index in [9.17, 15) is 0 Å². The maximum atomic E-state index is 5.32. The molecule has 9 aromatic rings. The standard InChI is InChI=1S/C46H31N3/c1-4-14-32(15-5-1)33-26-28-34(29-27-33)36-18-12-19-37(30-36)38-20-13-21-39(31-38)46-47-43(35-16-6-2-7-17-35)45-44(48-46)41-24-10-11-25-42(41)49(45)40-22-8-3-9-23-40/h1-31H. The highest BCUT2D eigenvalue weighted by atomic mass is 15.0. The summed E-state index contributed by atoms with van der Waals surface area (Å²) in [6, 6.07) is 66.1. The Labute approximate surface area is 285 Å². The third kappa shape index (κ3) is 5.28. The molecule has 0 amide bonds. The molecule has 0 radical (unpaired) electrons. The molecule has 0 fully saturated rings. The molecule has 0 saturated carbocycles. The van der Waals surface area contributed by atoms with Gasteiger partial charge >= 0.3 is 0 Å². The van der Waals surface area contributed by atoms with Crippen LogP contribution >= 0.6 is 0 Å². The molecule has 0 atom stereocenters. The van der Waals surface area contributed by atoms with E-state index >= 15 is 0 Å². The Balaban J connectivity index is 1.17. The molecule has 0 saturated heterocycles. The first kappa shape index (κ1) is 28.6. The van der Waals surface area contributed by atoms with Gasteiger partial charge in [0.05, 0.1) is 16.7 Å². The van der Waals surface area contributed by atoms with Gasteiger partial charge in [-0.25, -0.2) is 9.97 Å². The number of para-hydroxylation sites is 2. The normalized spacial score (nSPS) is 11.3. The van der Waals surface area contributed by atoms with Crippen LogP contribution < -0.4 is 0 Å². The van der Waals surface area contributed by atoms with E-state index in [-0.39, 0.29) is 0 Å². The van der Waals surface area contributed by atoms with Crippen molar-refractivity contribution < 1.29 is 0 Å². The molecule has 9 rings (SSSR count). The first-order valence-corrected chi connectivity index (χ1v) is 16.6. The van der Waals surface area contributed by atoms with Crippen LogP contribution in [0.4, 0.5) is 0 Å². The number of fused-ring (bicyclic) bond motifs is 3. The summed E-state index contributed by atoms with van der Waals surface area (Å²) in [7, 11) is 0. The highest BCUT2D eigenvalue weighted by Gasteiger charge is 2.21. The highest BCUT2D eigenvalue weighted by Crippen LogP contribution is 2.38. The van der Waals surface area contributed by atoms with Crippen LogP contribution in [0.5, 0.6) is 0 Å². The summed E-state index contributed by atoms with van der Waals surface area (Å²) in [6.45, 7) is 0. The van der Waals surface area contributed by atoms with Gasteiger partial charge in [0.25, 0.3) is 0 Å². The van der Waals surface area contributed by atoms with Crippen molar-refractivity contribution in [3.63, 3.8) is 0 Å². The van der Waals surface area contributed by atoms with Crippen molar-refractivity contribution in [3.8, 4) is 61.7 Å². The monoisotopic (exact) mass is 625 g/mol. The minimum atomic E-state index is 0.705. The van der Waals surface area contributed by atoms with Crippen molar-refractivity contribution in [1.82, 2.24) is 14.5 Å². The second kappa shape index (κ2) is 12.2. The fourth-order valence-electron chi connectivity index (χ4n) is 6.82. The zero-order valence-corrected chi connectivity index (χ0v) is 26.7. The molecule has 2 heterocycles. The predicted molar refractivity (Wildman–Crippen MR) is 204 cm³/mol. The number of hydrogen-bond donors (Lipinski definition) is 0. The van der Waals surface area contributed by atoms with E-state index in [1.807, 2.05) is 12.1 Å². The zero-order chi connectivity index (χ0) is 32.6. The van der Waals surface area contributed by atoms with Crippen molar-refractivity contribution in [3.05, 3.63) is 188 Å². The number of benzene rings is 7. The number of rotatable bonds is 6. The Hall–Kier alpha value is -6.58. The Morgan fingerprint density at radius 2 is 0.816 bits per heavy atom. The quantitative estimate of drug-likeness (QED) is 0.184. The van der Waals surface area contributed by atoms with E-state index in [1.165, 1.54) is 22.3 Å². The van der Waals surface area contributed by atoms with Crippen LogP contribution in [0.1, 0.15) is 0 Å². The summed E-state index contributed by atoms with van der Waals surface area (Å²) in [4.78, 5) is 10.6. The van der Waals surface area contributed by atoms with E-state index in [1.54, 1.807) is 0 Å². The van der Waals surface area contributed by atoms with Crippen LogP contribution in [0.2, 0.25) is 0 Å². The second-order valence-electron chi connectivity index (χ2n) is 12.3. The maximum Gasteiger partial charge on any atom is 0.160 e. The maximum absolute atomic E-state index is 5.32. The summed E-state index contributed by atoms with van der Waals surface area (Å²) in [5.41, 5.74) is 14.2. The van der Waals surface area contributed by atoms with E-state index in [2.05, 4.69) is 180 Å². The molecule has 0 aliphatic heterocycles. The molecule has 0 aliphatic rings. The summed E-state index contributed by atoms with van der Waals surface area (Å²) in [5.74, 6) is 0.705. The molecule has 0 bridgehead atoms. The van der Waals surface area contributed by atoms with Crippen LogP contribution in [0, 0.1) is 0 Å². The van der Waals surface area contributed by atoms with Gasteiger partial charge in [0.15, 0.2) is 5.82 Å². The fraction of sp³-hybridized carbons (Fsp3) is 0. The average Bonchev–Trinajstić information content (AvgIpc) is 3.53. The molecule has 0 unspecified atom stereocenters. The van der Waals surface area contributed by atoms with Gasteiger partial charge in [0.2, 0.25) is 0 Å². The van der Waals surface area contributed by atoms with Crippen molar-refractivity contribution in [2.75, 3.05) is 0 Å². The topological polar surface area (TPSA) is 30.7 Å². The lowest BCUT2D eigenvalue weighted by molar-refractivity contribution is 1.15. The number of aromatic nitrogens is 3. The summed E-state index contributed by atoms with van der Waals surface area (Å²) >= 11 is 0. The molecular formula is C46H31N3. The Morgan fingerprint density at radius 1 is 0.347 bits per heavy atom. The predicted octanol–water partition coefficient (Wildman–Crippen LogP) is 11.9. The van der Waals surface area contributed by atoms with Crippen LogP contribution in [0.3, 0.4) is 0 Å². The van der Waals surface area contributed by atoms with E-state index in [0.29, 0.717) is 5.82 Å². The molecule has 49 heavy (non-hydrogen) atoms. The molecule has 7 aromatic carbocycles.